The molecule has 1 unspecified atom stereocenters. The standard InChI is InChI=1S/C24H28ClN3OS/c1-15-5-7-19(13-20(15)25)27-22(29)9-10-30-23-17(14-26)11-16-12-18(24(2,3)4)6-8-21(16)28-23/h5,7,11,13,18H,6,8-10,12H2,1-4H3,(H,27,29). The Kier molecular flexibility index (Phi) is 7.10. The van der Waals surface area contributed by atoms with Gasteiger partial charge in [-0.1, -0.05) is 38.4 Å². The third-order valence-corrected chi connectivity index (χ3v) is 7.12. The van der Waals surface area contributed by atoms with Crippen LogP contribution in [0, 0.1) is 29.6 Å². The number of pyridine rings is 1. The molecular weight excluding hydrogens is 414 g/mol. The van der Waals surface area contributed by atoms with Crippen molar-refractivity contribution in [2.75, 3.05) is 11.1 Å². The number of hydrogen-bond donors (Lipinski definition) is 1. The van der Waals surface area contributed by atoms with Crippen LogP contribution in [0.3, 0.4) is 0 Å². The van der Waals surface area contributed by atoms with E-state index in [1.54, 1.807) is 6.07 Å². The molecule has 30 heavy (non-hydrogen) atoms. The van der Waals surface area contributed by atoms with E-state index >= 15 is 0 Å². The van der Waals surface area contributed by atoms with Crippen molar-refractivity contribution >= 4 is 35.0 Å². The number of aryl methyl sites for hydroxylation is 2. The van der Waals surface area contributed by atoms with Crippen molar-refractivity contribution in [3.05, 3.63) is 51.7 Å². The molecule has 4 nitrogen and oxygen atoms in total. The van der Waals surface area contributed by atoms with Gasteiger partial charge in [0.25, 0.3) is 0 Å². The number of nitrogens with zero attached hydrogens (tertiary/aromatic N) is 2. The van der Waals surface area contributed by atoms with Crippen LogP contribution in [0.25, 0.3) is 0 Å². The van der Waals surface area contributed by atoms with Gasteiger partial charge in [0, 0.05) is 28.6 Å². The van der Waals surface area contributed by atoms with E-state index in [1.165, 1.54) is 17.3 Å². The summed E-state index contributed by atoms with van der Waals surface area (Å²) in [6, 6.07) is 9.78. The molecule has 1 aliphatic rings. The Labute approximate surface area is 188 Å². The van der Waals surface area contributed by atoms with Gasteiger partial charge >= 0.3 is 0 Å². The van der Waals surface area contributed by atoms with Crippen molar-refractivity contribution in [1.29, 1.82) is 5.26 Å². The van der Waals surface area contributed by atoms with Gasteiger partial charge in [0.05, 0.1) is 5.56 Å². The molecule has 1 N–H and O–H groups in total. The number of fused-ring (bicyclic) bond motifs is 1. The number of carbonyl (C=O) groups excluding carboxylic acids is 1. The van der Waals surface area contributed by atoms with Crippen molar-refractivity contribution in [2.45, 2.75) is 58.4 Å². The number of carbonyl (C=O) groups is 1. The van der Waals surface area contributed by atoms with Gasteiger partial charge in [0.2, 0.25) is 5.91 Å². The van der Waals surface area contributed by atoms with E-state index in [2.05, 4.69) is 32.2 Å². The maximum Gasteiger partial charge on any atom is 0.225 e. The first kappa shape index (κ1) is 22.7. The lowest BCUT2D eigenvalue weighted by atomic mass is 9.71. The topological polar surface area (TPSA) is 65.8 Å². The molecule has 0 saturated heterocycles. The monoisotopic (exact) mass is 441 g/mol. The fourth-order valence-corrected chi connectivity index (χ4v) is 4.81. The summed E-state index contributed by atoms with van der Waals surface area (Å²) in [4.78, 5) is 17.1. The van der Waals surface area contributed by atoms with Gasteiger partial charge < -0.3 is 5.32 Å². The van der Waals surface area contributed by atoms with Crippen molar-refractivity contribution < 1.29 is 4.79 Å². The molecule has 1 aromatic heterocycles. The zero-order valence-electron chi connectivity index (χ0n) is 18.0. The summed E-state index contributed by atoms with van der Waals surface area (Å²) in [5.41, 5.74) is 4.85. The summed E-state index contributed by atoms with van der Waals surface area (Å²) in [5, 5.41) is 13.8. The SMILES string of the molecule is Cc1ccc(NC(=O)CCSc2nc3c(cc2C#N)CC(C(C)(C)C)CC3)cc1Cl. The van der Waals surface area contributed by atoms with Crippen molar-refractivity contribution in [3.63, 3.8) is 0 Å². The first-order chi connectivity index (χ1) is 14.2. The van der Waals surface area contributed by atoms with Gasteiger partial charge in [0.1, 0.15) is 11.1 Å². The quantitative estimate of drug-likeness (QED) is 0.562. The average molecular weight is 442 g/mol. The highest BCUT2D eigenvalue weighted by Crippen LogP contribution is 2.38. The predicted molar refractivity (Wildman–Crippen MR) is 124 cm³/mol. The Morgan fingerprint density at radius 3 is 2.80 bits per heavy atom. The molecule has 0 radical (unpaired) electrons. The fraction of sp³-hybridized carbons (Fsp3) is 0.458. The second-order valence-electron chi connectivity index (χ2n) is 8.98. The molecule has 0 aliphatic heterocycles. The van der Waals surface area contributed by atoms with Gasteiger partial charge in [-0.2, -0.15) is 5.26 Å². The minimum Gasteiger partial charge on any atom is -0.326 e. The molecule has 0 saturated carbocycles. The number of rotatable bonds is 5. The number of halogens is 1. The second kappa shape index (κ2) is 9.41. The van der Waals surface area contributed by atoms with Crippen molar-refractivity contribution in [3.8, 4) is 6.07 Å². The molecule has 1 aromatic carbocycles. The Hall–Kier alpha value is -2.03. The lowest BCUT2D eigenvalue weighted by Crippen LogP contribution is -2.27. The van der Waals surface area contributed by atoms with Crippen LogP contribution < -0.4 is 5.32 Å². The Bertz CT molecular complexity index is 991. The molecule has 1 atom stereocenters. The summed E-state index contributed by atoms with van der Waals surface area (Å²) in [5.74, 6) is 1.10. The number of aromatic nitrogens is 1. The number of nitrogens with one attached hydrogen (secondary N) is 1. The third kappa shape index (κ3) is 5.56. The number of hydrogen-bond acceptors (Lipinski definition) is 4. The molecule has 0 fully saturated rings. The zero-order valence-corrected chi connectivity index (χ0v) is 19.6. The van der Waals surface area contributed by atoms with E-state index in [1.807, 2.05) is 25.1 Å². The largest absolute Gasteiger partial charge is 0.326 e. The molecule has 0 spiro atoms. The van der Waals surface area contributed by atoms with Crippen LogP contribution in [-0.4, -0.2) is 16.6 Å². The maximum atomic E-state index is 12.3. The van der Waals surface area contributed by atoms with Crippen LogP contribution in [0.5, 0.6) is 0 Å². The van der Waals surface area contributed by atoms with Crippen molar-refractivity contribution in [1.82, 2.24) is 4.98 Å². The van der Waals surface area contributed by atoms with Gasteiger partial charge in [-0.3, -0.25) is 4.79 Å². The van der Waals surface area contributed by atoms with Crippen LogP contribution in [0.4, 0.5) is 5.69 Å². The number of anilines is 1. The van der Waals surface area contributed by atoms with E-state index in [9.17, 15) is 10.1 Å². The molecule has 1 amide bonds. The molecule has 6 heteroatoms. The lowest BCUT2D eigenvalue weighted by Gasteiger charge is -2.34. The Morgan fingerprint density at radius 1 is 1.37 bits per heavy atom. The highest BCUT2D eigenvalue weighted by atomic mass is 35.5. The minimum absolute atomic E-state index is 0.0769. The number of benzene rings is 1. The summed E-state index contributed by atoms with van der Waals surface area (Å²) in [7, 11) is 0. The van der Waals surface area contributed by atoms with Crippen LogP contribution in [0.15, 0.2) is 29.3 Å². The lowest BCUT2D eigenvalue weighted by molar-refractivity contribution is -0.115. The number of amides is 1. The number of thioether (sulfide) groups is 1. The first-order valence-corrected chi connectivity index (χ1v) is 11.7. The van der Waals surface area contributed by atoms with E-state index in [0.717, 1.165) is 35.5 Å². The van der Waals surface area contributed by atoms with E-state index in [4.69, 9.17) is 16.6 Å². The smallest absolute Gasteiger partial charge is 0.225 e. The number of nitriles is 1. The van der Waals surface area contributed by atoms with Crippen LogP contribution in [-0.2, 0) is 17.6 Å². The summed E-state index contributed by atoms with van der Waals surface area (Å²) in [6.45, 7) is 8.76. The van der Waals surface area contributed by atoms with Gasteiger partial charge in [-0.25, -0.2) is 4.98 Å². The highest BCUT2D eigenvalue weighted by Gasteiger charge is 2.30. The van der Waals surface area contributed by atoms with E-state index < -0.39 is 0 Å². The van der Waals surface area contributed by atoms with Crippen molar-refractivity contribution in [2.24, 2.45) is 11.3 Å². The van der Waals surface area contributed by atoms with E-state index in [0.29, 0.717) is 34.4 Å². The second-order valence-corrected chi connectivity index (χ2v) is 10.5. The summed E-state index contributed by atoms with van der Waals surface area (Å²) in [6.07, 6.45) is 3.39. The molecular formula is C24H28ClN3OS. The van der Waals surface area contributed by atoms with Gasteiger partial charge in [-0.05, 0) is 66.8 Å². The fourth-order valence-electron chi connectivity index (χ4n) is 3.71. The normalized spacial score (nSPS) is 15.9. The first-order valence-electron chi connectivity index (χ1n) is 10.3. The summed E-state index contributed by atoms with van der Waals surface area (Å²) < 4.78 is 0. The molecule has 0 bridgehead atoms. The van der Waals surface area contributed by atoms with Gasteiger partial charge in [0.15, 0.2) is 0 Å². The average Bonchev–Trinajstić information content (AvgIpc) is 2.69. The van der Waals surface area contributed by atoms with Crippen LogP contribution in [0.2, 0.25) is 5.02 Å². The third-order valence-electron chi connectivity index (χ3n) is 5.72. The molecule has 158 valence electrons. The molecule has 3 rings (SSSR count). The zero-order chi connectivity index (χ0) is 21.9. The summed E-state index contributed by atoms with van der Waals surface area (Å²) >= 11 is 7.59. The maximum absolute atomic E-state index is 12.3. The minimum atomic E-state index is -0.0769. The Morgan fingerprint density at radius 2 is 2.13 bits per heavy atom. The molecule has 1 heterocycles. The predicted octanol–water partition coefficient (Wildman–Crippen LogP) is 6.19. The Balaban J connectivity index is 1.61. The highest BCUT2D eigenvalue weighted by molar-refractivity contribution is 7.99. The molecule has 2 aromatic rings. The van der Waals surface area contributed by atoms with Crippen LogP contribution in [0.1, 0.15) is 56.0 Å². The molecule has 1 aliphatic carbocycles. The van der Waals surface area contributed by atoms with E-state index in [-0.39, 0.29) is 11.3 Å². The van der Waals surface area contributed by atoms with Crippen LogP contribution >= 0.6 is 23.4 Å². The van der Waals surface area contributed by atoms with Gasteiger partial charge in [-0.15, -0.1) is 11.8 Å².